The fourth-order valence-electron chi connectivity index (χ4n) is 8.14. The number of methoxy groups -OCH3 is 1. The number of carbonyl (C=O) groups excluding carboxylic acids is 3. The van der Waals surface area contributed by atoms with E-state index in [0.29, 0.717) is 5.56 Å². The van der Waals surface area contributed by atoms with Crippen molar-refractivity contribution in [3.05, 3.63) is 47.5 Å². The third-order valence-electron chi connectivity index (χ3n) is 9.96. The van der Waals surface area contributed by atoms with E-state index >= 15 is 8.78 Å². The molecule has 3 fully saturated rings. The quantitative estimate of drug-likeness (QED) is 0.598. The molecule has 200 valence electrons. The zero-order valence-corrected chi connectivity index (χ0v) is 21.5. The summed E-state index contributed by atoms with van der Waals surface area (Å²) in [5.41, 5.74) is -6.47. The lowest BCUT2D eigenvalue weighted by Crippen LogP contribution is -2.71. The van der Waals surface area contributed by atoms with Crippen LogP contribution in [-0.2, 0) is 19.1 Å². The first-order valence-corrected chi connectivity index (χ1v) is 12.6. The number of esters is 2. The average Bonchev–Trinajstić information content (AvgIpc) is 3.36. The van der Waals surface area contributed by atoms with Crippen LogP contribution >= 0.6 is 0 Å². The summed E-state index contributed by atoms with van der Waals surface area (Å²) in [4.78, 5) is 38.8. The van der Waals surface area contributed by atoms with Gasteiger partial charge in [0, 0.05) is 28.2 Å². The molecule has 37 heavy (non-hydrogen) atoms. The summed E-state index contributed by atoms with van der Waals surface area (Å²) in [5, 5.41) is 11.5. The second-order valence-corrected chi connectivity index (χ2v) is 11.5. The van der Waals surface area contributed by atoms with Gasteiger partial charge >= 0.3 is 11.9 Å². The maximum absolute atomic E-state index is 17.4. The predicted molar refractivity (Wildman–Crippen MR) is 127 cm³/mol. The van der Waals surface area contributed by atoms with Crippen molar-refractivity contribution in [3.63, 3.8) is 0 Å². The van der Waals surface area contributed by atoms with Gasteiger partial charge in [0.2, 0.25) is 11.4 Å². The van der Waals surface area contributed by atoms with Crippen LogP contribution in [-0.4, -0.2) is 53.5 Å². The van der Waals surface area contributed by atoms with Crippen molar-refractivity contribution in [2.45, 2.75) is 70.5 Å². The molecule has 4 aliphatic carbocycles. The van der Waals surface area contributed by atoms with Gasteiger partial charge in [0.15, 0.2) is 11.5 Å². The number of fused-ring (bicyclic) bond motifs is 5. The van der Waals surface area contributed by atoms with Gasteiger partial charge in [-0.1, -0.05) is 19.9 Å². The van der Waals surface area contributed by atoms with Crippen molar-refractivity contribution in [1.29, 1.82) is 0 Å². The van der Waals surface area contributed by atoms with Gasteiger partial charge in [-0.3, -0.25) is 4.79 Å². The third kappa shape index (κ3) is 3.03. The molecule has 1 aromatic rings. The molecule has 1 aromatic heterocycles. The second kappa shape index (κ2) is 8.09. The number of ether oxygens (including phenoxy) is 2. The highest BCUT2D eigenvalue weighted by Crippen LogP contribution is 2.71. The molecule has 9 heteroatoms. The summed E-state index contributed by atoms with van der Waals surface area (Å²) >= 11 is 0. The van der Waals surface area contributed by atoms with Crippen LogP contribution in [0.25, 0.3) is 0 Å². The van der Waals surface area contributed by atoms with Crippen LogP contribution in [0.5, 0.6) is 0 Å². The van der Waals surface area contributed by atoms with Gasteiger partial charge < -0.3 is 19.0 Å². The minimum atomic E-state index is -2.31. The van der Waals surface area contributed by atoms with Crippen molar-refractivity contribution < 1.29 is 42.2 Å². The molecule has 0 spiro atoms. The molecule has 0 amide bonds. The monoisotopic (exact) mass is 518 g/mol. The Morgan fingerprint density at radius 3 is 2.54 bits per heavy atom. The molecule has 0 bridgehead atoms. The summed E-state index contributed by atoms with van der Waals surface area (Å²) in [6, 6.07) is 1.59. The van der Waals surface area contributed by atoms with Gasteiger partial charge in [0.05, 0.1) is 19.5 Å². The van der Waals surface area contributed by atoms with E-state index in [0.717, 1.165) is 6.08 Å². The van der Waals surface area contributed by atoms with Crippen molar-refractivity contribution in [3.8, 4) is 0 Å². The first-order valence-electron chi connectivity index (χ1n) is 12.6. The first kappa shape index (κ1) is 25.8. The van der Waals surface area contributed by atoms with Crippen molar-refractivity contribution in [2.24, 2.45) is 28.6 Å². The predicted octanol–water partition coefficient (Wildman–Crippen LogP) is 4.22. The number of alkyl halides is 2. The Bertz CT molecular complexity index is 1230. The van der Waals surface area contributed by atoms with Crippen LogP contribution in [0.3, 0.4) is 0 Å². The van der Waals surface area contributed by atoms with Gasteiger partial charge in [-0.2, -0.15) is 0 Å². The number of halogens is 2. The molecule has 7 nitrogen and oxygen atoms in total. The van der Waals surface area contributed by atoms with E-state index < -0.39 is 69.9 Å². The fraction of sp³-hybridized carbons (Fsp3) is 0.607. The number of hydrogen-bond donors (Lipinski definition) is 1. The van der Waals surface area contributed by atoms with E-state index in [9.17, 15) is 19.5 Å². The topological polar surface area (TPSA) is 103 Å². The van der Waals surface area contributed by atoms with Crippen LogP contribution in [0.1, 0.15) is 56.2 Å². The van der Waals surface area contributed by atoms with Gasteiger partial charge in [-0.25, -0.2) is 18.4 Å². The summed E-state index contributed by atoms with van der Waals surface area (Å²) in [7, 11) is 1.18. The number of aliphatic hydroxyl groups excluding tert-OH is 1. The van der Waals surface area contributed by atoms with E-state index in [1.165, 1.54) is 32.4 Å². The molecule has 5 rings (SSSR count). The number of aliphatic hydroxyl groups is 1. The number of aryl methyl sites for hydroxylation is 1. The Hall–Kier alpha value is -2.81. The zero-order chi connectivity index (χ0) is 27.1. The standard InChI is InChI=1S/C28H32F2O7/c1-14-7-9-36-22(14)23(33)37-28(24(34)35-5)15(2)10-17-18-12-20(29)19-11-16(31)6-8-25(19,3)27(18,30)21(32)13-26(17,28)4/h6-9,11,15,17-18,20-21,32H,10,12-13H2,1-5H3/t15-,17+,18+,20+,21+,25+,26+,27+,28+/m1/s1. The number of allylic oxidation sites excluding steroid dienone is 4. The van der Waals surface area contributed by atoms with Crippen LogP contribution in [0, 0.1) is 35.5 Å². The largest absolute Gasteiger partial charge is 0.466 e. The Balaban J connectivity index is 1.64. The van der Waals surface area contributed by atoms with Crippen LogP contribution in [0.15, 0.2) is 40.5 Å². The second-order valence-electron chi connectivity index (χ2n) is 11.5. The Morgan fingerprint density at radius 2 is 1.92 bits per heavy atom. The molecule has 4 aliphatic rings. The zero-order valence-electron chi connectivity index (χ0n) is 21.5. The smallest absolute Gasteiger partial charge is 0.375 e. The average molecular weight is 519 g/mol. The van der Waals surface area contributed by atoms with Gasteiger partial charge in [0.1, 0.15) is 6.17 Å². The molecule has 1 heterocycles. The summed E-state index contributed by atoms with van der Waals surface area (Å²) in [6.45, 7) is 6.58. The molecule has 0 unspecified atom stereocenters. The van der Waals surface area contributed by atoms with E-state index in [1.807, 2.05) is 0 Å². The minimum Gasteiger partial charge on any atom is -0.466 e. The molecular formula is C28H32F2O7. The Kier molecular flexibility index (Phi) is 5.65. The SMILES string of the molecule is COC(=O)[C@@]1(OC(=O)c2occc2C)[C@H](C)C[C@H]2[C@@H]3C[C@H](F)C4=CC(=O)C=C[C@]4(C)[C@@]3(F)[C@@H](O)C[C@@]21C. The molecule has 3 saturated carbocycles. The Labute approximate surface area is 213 Å². The van der Waals surface area contributed by atoms with E-state index in [1.54, 1.807) is 26.8 Å². The summed E-state index contributed by atoms with van der Waals surface area (Å²) in [6.07, 6.45) is 1.51. The number of rotatable bonds is 3. The van der Waals surface area contributed by atoms with Crippen LogP contribution in [0.2, 0.25) is 0 Å². The lowest BCUT2D eigenvalue weighted by Gasteiger charge is -2.63. The lowest BCUT2D eigenvalue weighted by molar-refractivity contribution is -0.230. The molecule has 0 aliphatic heterocycles. The minimum absolute atomic E-state index is 0.0198. The van der Waals surface area contributed by atoms with Gasteiger partial charge in [0.25, 0.3) is 0 Å². The van der Waals surface area contributed by atoms with Crippen molar-refractivity contribution in [1.82, 2.24) is 0 Å². The van der Waals surface area contributed by atoms with Crippen molar-refractivity contribution >= 4 is 17.7 Å². The molecular weight excluding hydrogens is 486 g/mol. The lowest BCUT2D eigenvalue weighted by atomic mass is 9.44. The number of furan rings is 1. The highest BCUT2D eigenvalue weighted by molar-refractivity contribution is 6.01. The highest BCUT2D eigenvalue weighted by atomic mass is 19.1. The molecule has 9 atom stereocenters. The highest BCUT2D eigenvalue weighted by Gasteiger charge is 2.78. The maximum Gasteiger partial charge on any atom is 0.375 e. The third-order valence-corrected chi connectivity index (χ3v) is 9.96. The summed E-state index contributed by atoms with van der Waals surface area (Å²) < 4.78 is 49.5. The number of hydrogen-bond acceptors (Lipinski definition) is 7. The van der Waals surface area contributed by atoms with E-state index in [2.05, 4.69) is 0 Å². The van der Waals surface area contributed by atoms with Crippen LogP contribution < -0.4 is 0 Å². The van der Waals surface area contributed by atoms with Crippen LogP contribution in [0.4, 0.5) is 8.78 Å². The summed E-state index contributed by atoms with van der Waals surface area (Å²) in [5.74, 6) is -4.46. The van der Waals surface area contributed by atoms with Crippen molar-refractivity contribution in [2.75, 3.05) is 7.11 Å². The van der Waals surface area contributed by atoms with Gasteiger partial charge in [-0.15, -0.1) is 0 Å². The molecule has 0 radical (unpaired) electrons. The Morgan fingerprint density at radius 1 is 1.22 bits per heavy atom. The fourth-order valence-corrected chi connectivity index (χ4v) is 8.14. The van der Waals surface area contributed by atoms with E-state index in [-0.39, 0.29) is 30.6 Å². The van der Waals surface area contributed by atoms with Gasteiger partial charge in [-0.05, 0) is 62.8 Å². The first-order chi connectivity index (χ1) is 17.3. The number of carbonyl (C=O) groups is 3. The molecule has 0 saturated heterocycles. The normalized spacial score (nSPS) is 44.4. The molecule has 1 N–H and O–H groups in total. The van der Waals surface area contributed by atoms with E-state index in [4.69, 9.17) is 13.9 Å². The maximum atomic E-state index is 17.4. The molecule has 0 aromatic carbocycles. The number of ketones is 1.